The molecule has 0 fully saturated rings. The molecule has 0 spiro atoms. The minimum absolute atomic E-state index is 0.756. The number of hydrogen-bond donors (Lipinski definition) is 0. The van der Waals surface area contributed by atoms with E-state index >= 15 is 0 Å². The van der Waals surface area contributed by atoms with Gasteiger partial charge in [-0.3, -0.25) is 0 Å². The molecule has 2 nitrogen and oxygen atoms in total. The maximum atomic E-state index is 5.53. The van der Waals surface area contributed by atoms with Crippen molar-refractivity contribution in [3.63, 3.8) is 0 Å². The molecule has 2 heterocycles. The van der Waals surface area contributed by atoms with Crippen molar-refractivity contribution in [2.24, 2.45) is 0 Å². The minimum Gasteiger partial charge on any atom is -0.477 e. The summed E-state index contributed by atoms with van der Waals surface area (Å²) in [6.07, 6.45) is 0.965. The lowest BCUT2D eigenvalue weighted by Gasteiger charge is -2.07. The van der Waals surface area contributed by atoms with E-state index in [4.69, 9.17) is 4.74 Å². The summed E-state index contributed by atoms with van der Waals surface area (Å²) in [7, 11) is 0. The lowest BCUT2D eigenvalue weighted by Crippen LogP contribution is -1.91. The molecule has 16 heavy (non-hydrogen) atoms. The number of fused-ring (bicyclic) bond motifs is 1. The maximum Gasteiger partial charge on any atom is 0.217 e. The Hall–Kier alpha value is -1.83. The second-order valence-electron chi connectivity index (χ2n) is 4.06. The summed E-state index contributed by atoms with van der Waals surface area (Å²) < 4.78 is 5.53. The fourth-order valence-corrected chi connectivity index (χ4v) is 2.16. The minimum atomic E-state index is 0.756. The molecule has 3 rings (SSSR count). The molecule has 2 aromatic rings. The molecule has 0 aliphatic carbocycles. The first-order valence-electron chi connectivity index (χ1n) is 5.53. The number of aryl methyl sites for hydroxylation is 1. The Morgan fingerprint density at radius 3 is 2.81 bits per heavy atom. The molecule has 0 saturated carbocycles. The second-order valence-corrected chi connectivity index (χ2v) is 4.06. The van der Waals surface area contributed by atoms with Gasteiger partial charge >= 0.3 is 0 Å². The molecule has 1 aromatic carbocycles. The molecule has 0 bridgehead atoms. The van der Waals surface area contributed by atoms with Gasteiger partial charge in [-0.25, -0.2) is 4.98 Å². The van der Waals surface area contributed by atoms with Gasteiger partial charge in [0, 0.05) is 17.7 Å². The Morgan fingerprint density at radius 1 is 1.19 bits per heavy atom. The van der Waals surface area contributed by atoms with Crippen molar-refractivity contribution in [3.05, 3.63) is 47.7 Å². The van der Waals surface area contributed by atoms with Gasteiger partial charge < -0.3 is 4.74 Å². The number of hydrogen-bond acceptors (Lipinski definition) is 2. The highest BCUT2D eigenvalue weighted by Crippen LogP contribution is 2.33. The van der Waals surface area contributed by atoms with E-state index in [1.54, 1.807) is 0 Å². The average molecular weight is 211 g/mol. The van der Waals surface area contributed by atoms with E-state index in [0.717, 1.165) is 24.6 Å². The standard InChI is InChI=1S/C14H13NO/c1-10-9-13(11-5-3-2-4-6-11)12-7-8-16-14(12)15-10/h2-6,9H,7-8H2,1H3. The monoisotopic (exact) mass is 211 g/mol. The quantitative estimate of drug-likeness (QED) is 0.723. The van der Waals surface area contributed by atoms with Gasteiger partial charge in [0.1, 0.15) is 0 Å². The van der Waals surface area contributed by atoms with Gasteiger partial charge in [0.25, 0.3) is 0 Å². The molecular weight excluding hydrogens is 198 g/mol. The summed E-state index contributed by atoms with van der Waals surface area (Å²) in [4.78, 5) is 4.42. The average Bonchev–Trinajstić information content (AvgIpc) is 2.77. The van der Waals surface area contributed by atoms with Crippen LogP contribution < -0.4 is 4.74 Å². The molecular formula is C14H13NO. The highest BCUT2D eigenvalue weighted by molar-refractivity contribution is 5.70. The van der Waals surface area contributed by atoms with Crippen LogP contribution in [0.1, 0.15) is 11.3 Å². The number of aromatic nitrogens is 1. The van der Waals surface area contributed by atoms with Gasteiger partial charge in [-0.1, -0.05) is 30.3 Å². The predicted molar refractivity (Wildman–Crippen MR) is 63.6 cm³/mol. The molecule has 0 unspecified atom stereocenters. The molecule has 0 N–H and O–H groups in total. The van der Waals surface area contributed by atoms with Crippen LogP contribution in [0.2, 0.25) is 0 Å². The summed E-state index contributed by atoms with van der Waals surface area (Å²) in [5.41, 5.74) is 4.77. The summed E-state index contributed by atoms with van der Waals surface area (Å²) in [5, 5.41) is 0. The SMILES string of the molecule is Cc1cc(-c2ccccc2)c2c(n1)OCC2. The molecule has 80 valence electrons. The summed E-state index contributed by atoms with van der Waals surface area (Å²) >= 11 is 0. The van der Waals surface area contributed by atoms with E-state index in [9.17, 15) is 0 Å². The van der Waals surface area contributed by atoms with E-state index in [0.29, 0.717) is 0 Å². The summed E-state index contributed by atoms with van der Waals surface area (Å²) in [6, 6.07) is 12.6. The van der Waals surface area contributed by atoms with Gasteiger partial charge in [-0.15, -0.1) is 0 Å². The zero-order chi connectivity index (χ0) is 11.0. The van der Waals surface area contributed by atoms with Crippen molar-refractivity contribution in [1.29, 1.82) is 0 Å². The third-order valence-electron chi connectivity index (χ3n) is 2.89. The van der Waals surface area contributed by atoms with E-state index in [1.165, 1.54) is 16.7 Å². The topological polar surface area (TPSA) is 22.1 Å². The van der Waals surface area contributed by atoms with Crippen LogP contribution in [0, 0.1) is 6.92 Å². The van der Waals surface area contributed by atoms with Gasteiger partial charge in [0.2, 0.25) is 5.88 Å². The number of rotatable bonds is 1. The normalized spacial score (nSPS) is 13.3. The van der Waals surface area contributed by atoms with Gasteiger partial charge in [-0.2, -0.15) is 0 Å². The van der Waals surface area contributed by atoms with Gasteiger partial charge in [0.05, 0.1) is 6.61 Å². The molecule has 1 aliphatic rings. The van der Waals surface area contributed by atoms with Crippen LogP contribution >= 0.6 is 0 Å². The first kappa shape index (κ1) is 9.40. The molecule has 0 radical (unpaired) electrons. The first-order valence-corrected chi connectivity index (χ1v) is 5.53. The zero-order valence-electron chi connectivity index (χ0n) is 9.23. The van der Waals surface area contributed by atoms with Gasteiger partial charge in [0.15, 0.2) is 0 Å². The molecule has 1 aromatic heterocycles. The Balaban J connectivity index is 2.21. The Labute approximate surface area is 94.9 Å². The second kappa shape index (κ2) is 3.63. The van der Waals surface area contributed by atoms with Crippen LogP contribution in [0.4, 0.5) is 0 Å². The maximum absolute atomic E-state index is 5.53. The van der Waals surface area contributed by atoms with Crippen LogP contribution in [-0.2, 0) is 6.42 Å². The van der Waals surface area contributed by atoms with Crippen molar-refractivity contribution < 1.29 is 4.74 Å². The van der Waals surface area contributed by atoms with Crippen LogP contribution in [0.3, 0.4) is 0 Å². The molecule has 0 amide bonds. The van der Waals surface area contributed by atoms with Crippen LogP contribution in [-0.4, -0.2) is 11.6 Å². The van der Waals surface area contributed by atoms with Crippen molar-refractivity contribution >= 4 is 0 Å². The smallest absolute Gasteiger partial charge is 0.217 e. The van der Waals surface area contributed by atoms with Gasteiger partial charge in [-0.05, 0) is 24.1 Å². The fourth-order valence-electron chi connectivity index (χ4n) is 2.16. The number of benzene rings is 1. The van der Waals surface area contributed by atoms with E-state index in [2.05, 4.69) is 35.3 Å². The summed E-state index contributed by atoms with van der Waals surface area (Å²) in [5.74, 6) is 0.818. The number of nitrogens with zero attached hydrogens (tertiary/aromatic N) is 1. The van der Waals surface area contributed by atoms with E-state index < -0.39 is 0 Å². The molecule has 1 aliphatic heterocycles. The Morgan fingerprint density at radius 2 is 2.00 bits per heavy atom. The third kappa shape index (κ3) is 1.47. The van der Waals surface area contributed by atoms with Crippen molar-refractivity contribution in [3.8, 4) is 17.0 Å². The Bertz CT molecular complexity index is 520. The van der Waals surface area contributed by atoms with Crippen molar-refractivity contribution in [1.82, 2.24) is 4.98 Å². The highest BCUT2D eigenvalue weighted by atomic mass is 16.5. The zero-order valence-corrected chi connectivity index (χ0v) is 9.23. The van der Waals surface area contributed by atoms with Crippen molar-refractivity contribution in [2.45, 2.75) is 13.3 Å². The largest absolute Gasteiger partial charge is 0.477 e. The first-order chi connectivity index (χ1) is 7.84. The third-order valence-corrected chi connectivity index (χ3v) is 2.89. The lowest BCUT2D eigenvalue weighted by atomic mass is 9.99. The lowest BCUT2D eigenvalue weighted by molar-refractivity contribution is 0.344. The predicted octanol–water partition coefficient (Wildman–Crippen LogP) is 2.99. The van der Waals surface area contributed by atoms with Crippen LogP contribution in [0.5, 0.6) is 5.88 Å². The van der Waals surface area contributed by atoms with Crippen LogP contribution in [0.15, 0.2) is 36.4 Å². The molecule has 0 atom stereocenters. The molecule has 0 saturated heterocycles. The van der Waals surface area contributed by atoms with E-state index in [-0.39, 0.29) is 0 Å². The Kier molecular flexibility index (Phi) is 2.13. The fraction of sp³-hybridized carbons (Fsp3) is 0.214. The van der Waals surface area contributed by atoms with Crippen LogP contribution in [0.25, 0.3) is 11.1 Å². The number of pyridine rings is 1. The van der Waals surface area contributed by atoms with E-state index in [1.807, 2.05) is 13.0 Å². The number of ether oxygens (including phenoxy) is 1. The summed E-state index contributed by atoms with van der Waals surface area (Å²) in [6.45, 7) is 2.76. The van der Waals surface area contributed by atoms with Crippen molar-refractivity contribution in [2.75, 3.05) is 6.61 Å². The highest BCUT2D eigenvalue weighted by Gasteiger charge is 2.18. The molecule has 2 heteroatoms.